The molecule has 6 nitrogen and oxygen atoms in total. The minimum Gasteiger partial charge on any atom is -0.392 e. The Labute approximate surface area is 139 Å². The number of halogens is 2. The van der Waals surface area contributed by atoms with Crippen LogP contribution in [0.1, 0.15) is 13.8 Å². The second-order valence-electron chi connectivity index (χ2n) is 5.65. The zero-order valence-corrected chi connectivity index (χ0v) is 14.0. The SMILES string of the molecule is CC(O)CN1CCN(c2c(Cl)cc([N+](=O)[O-])cc2Cl)CC1C. The third-order valence-corrected chi connectivity index (χ3v) is 4.37. The van der Waals surface area contributed by atoms with Gasteiger partial charge in [-0.25, -0.2) is 0 Å². The molecule has 1 saturated heterocycles. The van der Waals surface area contributed by atoms with Crippen molar-refractivity contribution in [3.05, 3.63) is 32.3 Å². The zero-order valence-electron chi connectivity index (χ0n) is 12.5. The predicted molar refractivity (Wildman–Crippen MR) is 88.0 cm³/mol. The maximum Gasteiger partial charge on any atom is 0.272 e. The van der Waals surface area contributed by atoms with Gasteiger partial charge in [0.15, 0.2) is 0 Å². The maximum absolute atomic E-state index is 10.8. The van der Waals surface area contributed by atoms with Crippen LogP contribution in [-0.4, -0.2) is 53.3 Å². The van der Waals surface area contributed by atoms with E-state index in [1.54, 1.807) is 6.92 Å². The largest absolute Gasteiger partial charge is 0.392 e. The van der Waals surface area contributed by atoms with Crippen LogP contribution in [0.5, 0.6) is 0 Å². The molecule has 0 aliphatic carbocycles. The highest BCUT2D eigenvalue weighted by Gasteiger charge is 2.27. The number of piperazine rings is 1. The molecule has 1 N–H and O–H groups in total. The van der Waals surface area contributed by atoms with Crippen LogP contribution in [-0.2, 0) is 0 Å². The van der Waals surface area contributed by atoms with Gasteiger partial charge in [-0.3, -0.25) is 15.0 Å². The third-order valence-electron chi connectivity index (χ3n) is 3.79. The van der Waals surface area contributed by atoms with Crippen molar-refractivity contribution in [2.24, 2.45) is 0 Å². The Balaban J connectivity index is 2.19. The van der Waals surface area contributed by atoms with E-state index in [4.69, 9.17) is 23.2 Å². The third kappa shape index (κ3) is 3.81. The van der Waals surface area contributed by atoms with Gasteiger partial charge in [-0.05, 0) is 13.8 Å². The molecule has 0 spiro atoms. The van der Waals surface area contributed by atoms with Gasteiger partial charge in [0.25, 0.3) is 5.69 Å². The highest BCUT2D eigenvalue weighted by Crippen LogP contribution is 2.38. The van der Waals surface area contributed by atoms with Gasteiger partial charge in [-0.1, -0.05) is 23.2 Å². The summed E-state index contributed by atoms with van der Waals surface area (Å²) in [5.74, 6) is 0. The van der Waals surface area contributed by atoms with Crippen molar-refractivity contribution >= 4 is 34.6 Å². The van der Waals surface area contributed by atoms with E-state index in [0.29, 0.717) is 25.3 Å². The molecule has 2 rings (SSSR count). The van der Waals surface area contributed by atoms with Gasteiger partial charge in [-0.2, -0.15) is 0 Å². The Kier molecular flexibility index (Phi) is 5.50. The van der Waals surface area contributed by atoms with Crippen molar-refractivity contribution in [1.29, 1.82) is 0 Å². The van der Waals surface area contributed by atoms with Crippen LogP contribution in [0.2, 0.25) is 10.0 Å². The maximum atomic E-state index is 10.8. The minimum atomic E-state index is -0.509. The first-order valence-electron chi connectivity index (χ1n) is 7.10. The first-order valence-corrected chi connectivity index (χ1v) is 7.85. The summed E-state index contributed by atoms with van der Waals surface area (Å²) in [6.45, 7) is 6.63. The van der Waals surface area contributed by atoms with Crippen molar-refractivity contribution in [3.63, 3.8) is 0 Å². The molecule has 22 heavy (non-hydrogen) atoms. The molecule has 1 aromatic rings. The van der Waals surface area contributed by atoms with E-state index >= 15 is 0 Å². The van der Waals surface area contributed by atoms with Gasteiger partial charge >= 0.3 is 0 Å². The summed E-state index contributed by atoms with van der Waals surface area (Å²) in [4.78, 5) is 14.6. The smallest absolute Gasteiger partial charge is 0.272 e. The lowest BCUT2D eigenvalue weighted by Gasteiger charge is -2.41. The monoisotopic (exact) mass is 347 g/mol. The number of rotatable bonds is 4. The number of nitro groups is 1. The van der Waals surface area contributed by atoms with E-state index in [1.165, 1.54) is 12.1 Å². The number of anilines is 1. The molecular formula is C14H19Cl2N3O3. The molecule has 8 heteroatoms. The summed E-state index contributed by atoms with van der Waals surface area (Å²) in [5, 5.41) is 20.9. The molecule has 0 aromatic heterocycles. The van der Waals surface area contributed by atoms with E-state index in [9.17, 15) is 15.2 Å². The quantitative estimate of drug-likeness (QED) is 0.669. The highest BCUT2D eigenvalue weighted by atomic mass is 35.5. The van der Waals surface area contributed by atoms with Crippen LogP contribution in [0.25, 0.3) is 0 Å². The topological polar surface area (TPSA) is 69.8 Å². The molecule has 0 radical (unpaired) electrons. The van der Waals surface area contributed by atoms with E-state index in [2.05, 4.69) is 11.8 Å². The van der Waals surface area contributed by atoms with Crippen molar-refractivity contribution < 1.29 is 10.0 Å². The van der Waals surface area contributed by atoms with E-state index in [0.717, 1.165) is 6.54 Å². The molecule has 1 aliphatic heterocycles. The number of aliphatic hydroxyl groups is 1. The molecule has 1 heterocycles. The molecular weight excluding hydrogens is 329 g/mol. The van der Waals surface area contributed by atoms with Crippen LogP contribution in [0.3, 0.4) is 0 Å². The Hall–Kier alpha value is -1.08. The van der Waals surface area contributed by atoms with Gasteiger partial charge in [0.05, 0.1) is 26.8 Å². The van der Waals surface area contributed by atoms with E-state index in [-0.39, 0.29) is 27.9 Å². The fourth-order valence-corrected chi connectivity index (χ4v) is 3.48. The number of aliphatic hydroxyl groups excluding tert-OH is 1. The first-order chi connectivity index (χ1) is 10.3. The summed E-state index contributed by atoms with van der Waals surface area (Å²) in [6, 6.07) is 2.89. The Morgan fingerprint density at radius 2 is 2.00 bits per heavy atom. The molecule has 2 atom stereocenters. The lowest BCUT2D eigenvalue weighted by atomic mass is 10.1. The molecule has 1 fully saturated rings. The lowest BCUT2D eigenvalue weighted by Crippen LogP contribution is -2.53. The summed E-state index contributed by atoms with van der Waals surface area (Å²) >= 11 is 12.4. The molecule has 0 amide bonds. The molecule has 2 unspecified atom stereocenters. The number of nitro benzene ring substituents is 1. The Morgan fingerprint density at radius 1 is 1.41 bits per heavy atom. The number of non-ortho nitro benzene ring substituents is 1. The fraction of sp³-hybridized carbons (Fsp3) is 0.571. The van der Waals surface area contributed by atoms with E-state index < -0.39 is 4.92 Å². The summed E-state index contributed by atoms with van der Waals surface area (Å²) < 4.78 is 0. The van der Waals surface area contributed by atoms with Crippen LogP contribution in [0, 0.1) is 10.1 Å². The molecule has 0 saturated carbocycles. The van der Waals surface area contributed by atoms with Crippen LogP contribution >= 0.6 is 23.2 Å². The van der Waals surface area contributed by atoms with Crippen LogP contribution < -0.4 is 4.90 Å². The van der Waals surface area contributed by atoms with Gasteiger partial charge in [0, 0.05) is 44.4 Å². The molecule has 1 aliphatic rings. The Morgan fingerprint density at radius 3 is 2.45 bits per heavy atom. The molecule has 0 bridgehead atoms. The molecule has 1 aromatic carbocycles. The second kappa shape index (κ2) is 7.00. The van der Waals surface area contributed by atoms with Gasteiger partial charge in [0.1, 0.15) is 0 Å². The minimum absolute atomic E-state index is 0.112. The standard InChI is InChI=1S/C14H19Cl2N3O3/c1-9-7-18(4-3-17(9)8-10(2)20)14-12(15)5-11(19(21)22)6-13(14)16/h5-6,9-10,20H,3-4,7-8H2,1-2H3. The van der Waals surface area contributed by atoms with Crippen molar-refractivity contribution in [3.8, 4) is 0 Å². The normalized spacial score (nSPS) is 21.0. The number of hydrogen-bond donors (Lipinski definition) is 1. The number of benzene rings is 1. The average molecular weight is 348 g/mol. The predicted octanol–water partition coefficient (Wildman–Crippen LogP) is 2.79. The van der Waals surface area contributed by atoms with E-state index in [1.807, 2.05) is 4.90 Å². The second-order valence-corrected chi connectivity index (χ2v) is 6.47. The van der Waals surface area contributed by atoms with Crippen molar-refractivity contribution in [2.45, 2.75) is 26.0 Å². The molecule has 122 valence electrons. The first kappa shape index (κ1) is 17.3. The van der Waals surface area contributed by atoms with Gasteiger partial charge in [0.2, 0.25) is 0 Å². The van der Waals surface area contributed by atoms with Crippen molar-refractivity contribution in [1.82, 2.24) is 4.90 Å². The van der Waals surface area contributed by atoms with Gasteiger partial charge in [-0.15, -0.1) is 0 Å². The zero-order chi connectivity index (χ0) is 16.4. The summed E-state index contributed by atoms with van der Waals surface area (Å²) in [7, 11) is 0. The average Bonchev–Trinajstić information content (AvgIpc) is 2.40. The lowest BCUT2D eigenvalue weighted by molar-refractivity contribution is -0.384. The van der Waals surface area contributed by atoms with Gasteiger partial charge < -0.3 is 10.0 Å². The number of hydrogen-bond acceptors (Lipinski definition) is 5. The van der Waals surface area contributed by atoms with Crippen LogP contribution in [0.15, 0.2) is 12.1 Å². The Bertz CT molecular complexity index is 545. The van der Waals surface area contributed by atoms with Crippen LogP contribution in [0.4, 0.5) is 11.4 Å². The number of β-amino-alcohol motifs (C(OH)–C–C–N with tert-alkyl or cyclic N) is 1. The number of nitrogens with zero attached hydrogens (tertiary/aromatic N) is 3. The summed E-state index contributed by atoms with van der Waals surface area (Å²) in [5.41, 5.74) is 0.525. The summed E-state index contributed by atoms with van der Waals surface area (Å²) in [6.07, 6.45) is -0.374. The van der Waals surface area contributed by atoms with Crippen molar-refractivity contribution in [2.75, 3.05) is 31.1 Å². The fourth-order valence-electron chi connectivity index (χ4n) is 2.77. The highest BCUT2D eigenvalue weighted by molar-refractivity contribution is 6.39.